The number of nitrogens with zero attached hydrogens (tertiary/aromatic N) is 2. The summed E-state index contributed by atoms with van der Waals surface area (Å²) in [7, 11) is 7.65. The first-order valence-corrected chi connectivity index (χ1v) is 4.40. The van der Waals surface area contributed by atoms with E-state index >= 15 is 0 Å². The Kier molecular flexibility index (Phi) is 3.40. The van der Waals surface area contributed by atoms with Crippen LogP contribution in [0.15, 0.2) is 0 Å². The Morgan fingerprint density at radius 1 is 1.64 bits per heavy atom. The number of likely N-dealkylation sites (tertiary alicyclic amines) is 1. The molecule has 62 valence electrons. The van der Waals surface area contributed by atoms with Crippen molar-refractivity contribution in [3.8, 4) is 0 Å². The topological polar surface area (TPSA) is 6.48 Å². The zero-order valence-electron chi connectivity index (χ0n) is 7.58. The Hall–Kier alpha value is -0.0151. The summed E-state index contributed by atoms with van der Waals surface area (Å²) < 4.78 is 0. The molecule has 0 N–H and O–H groups in total. The van der Waals surface area contributed by atoms with E-state index in [1.54, 1.807) is 0 Å². The summed E-state index contributed by atoms with van der Waals surface area (Å²) in [5, 5.41) is 0. The first-order chi connectivity index (χ1) is 5.27. The van der Waals surface area contributed by atoms with Crippen LogP contribution in [-0.4, -0.2) is 56.8 Å². The molecule has 1 heterocycles. The Morgan fingerprint density at radius 3 is 2.82 bits per heavy atom. The molecule has 0 amide bonds. The Morgan fingerprint density at radius 2 is 2.36 bits per heavy atom. The van der Waals surface area contributed by atoms with Crippen molar-refractivity contribution in [3.63, 3.8) is 0 Å². The maximum atomic E-state index is 5.55. The second-order valence-electron chi connectivity index (χ2n) is 3.28. The molecule has 0 spiro atoms. The van der Waals surface area contributed by atoms with Crippen molar-refractivity contribution in [2.45, 2.75) is 19.4 Å². The summed E-state index contributed by atoms with van der Waals surface area (Å²) in [6.45, 7) is 5.83. The van der Waals surface area contributed by atoms with Crippen molar-refractivity contribution >= 4 is 7.85 Å². The van der Waals surface area contributed by atoms with Gasteiger partial charge in [-0.15, -0.1) is 0 Å². The minimum Gasteiger partial charge on any atom is -0.311 e. The van der Waals surface area contributed by atoms with Crippen molar-refractivity contribution in [2.75, 3.05) is 33.1 Å². The molecular weight excluding hydrogens is 135 g/mol. The van der Waals surface area contributed by atoms with Gasteiger partial charge < -0.3 is 9.80 Å². The summed E-state index contributed by atoms with van der Waals surface area (Å²) in [5.74, 6) is 0. The van der Waals surface area contributed by atoms with E-state index in [0.29, 0.717) is 12.5 Å². The first-order valence-electron chi connectivity index (χ1n) is 4.40. The lowest BCUT2D eigenvalue weighted by molar-refractivity contribution is 0.264. The zero-order chi connectivity index (χ0) is 8.27. The molecule has 1 aliphatic heterocycles. The molecule has 0 aromatic rings. The Balaban J connectivity index is 2.29. The van der Waals surface area contributed by atoms with Gasteiger partial charge in [0.1, 0.15) is 0 Å². The summed E-state index contributed by atoms with van der Waals surface area (Å²) in [6.07, 6.45) is 1.96. The molecule has 0 saturated carbocycles. The molecule has 0 bridgehead atoms. The third kappa shape index (κ3) is 2.21. The number of likely N-dealkylation sites (N-methyl/N-ethyl adjacent to an activating group) is 2. The number of hydrogen-bond donors (Lipinski definition) is 0. The SMILES string of the molecule is [B]CN(C)C1CCN(CC)C1. The molecule has 1 atom stereocenters. The summed E-state index contributed by atoms with van der Waals surface area (Å²) in [6, 6.07) is 0.694. The van der Waals surface area contributed by atoms with Gasteiger partial charge in [-0.05, 0) is 33.0 Å². The van der Waals surface area contributed by atoms with Crippen molar-refractivity contribution in [2.24, 2.45) is 0 Å². The summed E-state index contributed by atoms with van der Waals surface area (Å²) in [4.78, 5) is 4.70. The highest BCUT2D eigenvalue weighted by atomic mass is 15.2. The van der Waals surface area contributed by atoms with Crippen molar-refractivity contribution in [1.29, 1.82) is 0 Å². The third-order valence-electron chi connectivity index (χ3n) is 2.61. The standard InChI is InChI=1S/C8H17BN2/c1-3-11-5-4-8(6-11)10(2)7-9/h8H,3-7H2,1-2H3. The molecule has 1 fully saturated rings. The van der Waals surface area contributed by atoms with Crippen molar-refractivity contribution < 1.29 is 0 Å². The van der Waals surface area contributed by atoms with Crippen LogP contribution in [0, 0.1) is 0 Å². The molecule has 1 aliphatic rings. The maximum Gasteiger partial charge on any atom is 0.0863 e. The average molecular weight is 152 g/mol. The minimum atomic E-state index is 0.683. The maximum absolute atomic E-state index is 5.55. The quantitative estimate of drug-likeness (QED) is 0.530. The van der Waals surface area contributed by atoms with E-state index in [4.69, 9.17) is 7.85 Å². The van der Waals surface area contributed by atoms with Crippen LogP contribution >= 0.6 is 0 Å². The fraction of sp³-hybridized carbons (Fsp3) is 1.00. The fourth-order valence-electron chi connectivity index (χ4n) is 1.61. The van der Waals surface area contributed by atoms with Gasteiger partial charge in [0.2, 0.25) is 0 Å². The molecule has 0 aliphatic carbocycles. The summed E-state index contributed by atoms with van der Waals surface area (Å²) in [5.41, 5.74) is 0. The Bertz CT molecular complexity index is 119. The number of hydrogen-bond acceptors (Lipinski definition) is 2. The van der Waals surface area contributed by atoms with Gasteiger partial charge in [0, 0.05) is 12.6 Å². The number of rotatable bonds is 3. The van der Waals surface area contributed by atoms with Crippen LogP contribution in [0.1, 0.15) is 13.3 Å². The van der Waals surface area contributed by atoms with Gasteiger partial charge in [0.05, 0.1) is 7.85 Å². The molecule has 11 heavy (non-hydrogen) atoms. The van der Waals surface area contributed by atoms with Crippen LogP contribution in [0.3, 0.4) is 0 Å². The monoisotopic (exact) mass is 152 g/mol. The lowest BCUT2D eigenvalue weighted by Gasteiger charge is -2.22. The van der Waals surface area contributed by atoms with Crippen LogP contribution in [-0.2, 0) is 0 Å². The van der Waals surface area contributed by atoms with E-state index in [0.717, 1.165) is 0 Å². The van der Waals surface area contributed by atoms with Gasteiger partial charge in [-0.2, -0.15) is 0 Å². The van der Waals surface area contributed by atoms with Crippen LogP contribution in [0.2, 0.25) is 0 Å². The molecule has 2 nitrogen and oxygen atoms in total. The highest BCUT2D eigenvalue weighted by Gasteiger charge is 2.22. The molecule has 0 aromatic heterocycles. The van der Waals surface area contributed by atoms with Crippen LogP contribution in [0.25, 0.3) is 0 Å². The van der Waals surface area contributed by atoms with E-state index in [1.807, 2.05) is 0 Å². The van der Waals surface area contributed by atoms with Crippen molar-refractivity contribution in [1.82, 2.24) is 9.80 Å². The second kappa shape index (κ2) is 4.12. The minimum absolute atomic E-state index is 0.683. The Labute approximate surface area is 71.0 Å². The molecule has 2 radical (unpaired) electrons. The summed E-state index contributed by atoms with van der Waals surface area (Å²) >= 11 is 0. The van der Waals surface area contributed by atoms with E-state index in [9.17, 15) is 0 Å². The van der Waals surface area contributed by atoms with Crippen LogP contribution in [0.4, 0.5) is 0 Å². The first kappa shape index (κ1) is 9.08. The molecular formula is C8H17BN2. The lowest BCUT2D eigenvalue weighted by Crippen LogP contribution is -2.35. The molecule has 1 saturated heterocycles. The largest absolute Gasteiger partial charge is 0.311 e. The lowest BCUT2D eigenvalue weighted by atomic mass is 10.1. The van der Waals surface area contributed by atoms with E-state index in [-0.39, 0.29) is 0 Å². The highest BCUT2D eigenvalue weighted by molar-refractivity contribution is 6.08. The van der Waals surface area contributed by atoms with E-state index < -0.39 is 0 Å². The molecule has 1 rings (SSSR count). The zero-order valence-corrected chi connectivity index (χ0v) is 7.58. The van der Waals surface area contributed by atoms with Crippen LogP contribution < -0.4 is 0 Å². The predicted molar refractivity (Wildman–Crippen MR) is 48.9 cm³/mol. The fourth-order valence-corrected chi connectivity index (χ4v) is 1.61. The molecule has 0 aromatic carbocycles. The molecule has 3 heteroatoms. The van der Waals surface area contributed by atoms with Gasteiger partial charge in [-0.25, -0.2) is 0 Å². The van der Waals surface area contributed by atoms with Gasteiger partial charge >= 0.3 is 0 Å². The average Bonchev–Trinajstić information content (AvgIpc) is 2.50. The van der Waals surface area contributed by atoms with Gasteiger partial charge in [-0.1, -0.05) is 6.92 Å². The third-order valence-corrected chi connectivity index (χ3v) is 2.61. The second-order valence-corrected chi connectivity index (χ2v) is 3.28. The highest BCUT2D eigenvalue weighted by Crippen LogP contribution is 2.12. The van der Waals surface area contributed by atoms with Gasteiger partial charge in [-0.3, -0.25) is 0 Å². The normalized spacial score (nSPS) is 26.6. The predicted octanol–water partition coefficient (Wildman–Crippen LogP) is 0.138. The van der Waals surface area contributed by atoms with E-state index in [2.05, 4.69) is 23.8 Å². The van der Waals surface area contributed by atoms with Gasteiger partial charge in [0.25, 0.3) is 0 Å². The van der Waals surface area contributed by atoms with Crippen molar-refractivity contribution in [3.05, 3.63) is 0 Å². The van der Waals surface area contributed by atoms with Gasteiger partial charge in [0.15, 0.2) is 0 Å². The smallest absolute Gasteiger partial charge is 0.0863 e. The van der Waals surface area contributed by atoms with Crippen LogP contribution in [0.5, 0.6) is 0 Å². The molecule has 1 unspecified atom stereocenters. The van der Waals surface area contributed by atoms with E-state index in [1.165, 1.54) is 26.1 Å².